The molecule has 0 heterocycles. The van der Waals surface area contributed by atoms with Gasteiger partial charge in [0.15, 0.2) is 0 Å². The third-order valence-electron chi connectivity index (χ3n) is 5.64. The molecule has 0 aliphatic rings. The van der Waals surface area contributed by atoms with Gasteiger partial charge in [0, 0.05) is 10.8 Å². The Hall–Kier alpha value is -2.37. The van der Waals surface area contributed by atoms with Crippen LogP contribution in [0.5, 0.6) is 0 Å². The van der Waals surface area contributed by atoms with E-state index in [1.54, 1.807) is 0 Å². The lowest BCUT2D eigenvalue weighted by Gasteiger charge is -2.13. The fraction of sp³-hybridized carbons (Fsp3) is 0.423. The molecule has 3 rings (SSSR count). The Labute approximate surface area is 169 Å². The summed E-state index contributed by atoms with van der Waals surface area (Å²) in [5.41, 5.74) is 2.21. The van der Waals surface area contributed by atoms with Gasteiger partial charge in [0.1, 0.15) is 6.07 Å². The first-order valence-corrected chi connectivity index (χ1v) is 10.9. The maximum atomic E-state index is 9.73. The van der Waals surface area contributed by atoms with E-state index in [0.717, 1.165) is 35.8 Å². The second kappa shape index (κ2) is 10.8. The van der Waals surface area contributed by atoms with Crippen LogP contribution in [0.4, 0.5) is 0 Å². The smallest absolute Gasteiger partial charge is 0.100 e. The van der Waals surface area contributed by atoms with Crippen LogP contribution in [0.15, 0.2) is 48.5 Å². The molecule has 0 saturated carbocycles. The van der Waals surface area contributed by atoms with Crippen LogP contribution >= 0.6 is 0 Å². The van der Waals surface area contributed by atoms with Crippen LogP contribution in [0.3, 0.4) is 0 Å². The quantitative estimate of drug-likeness (QED) is 0.298. The molecule has 0 amide bonds. The summed E-state index contributed by atoms with van der Waals surface area (Å²) in [5.74, 6) is 0. The monoisotopic (exact) mass is 372 g/mol. The van der Waals surface area contributed by atoms with Gasteiger partial charge < -0.3 is 5.32 Å². The zero-order chi connectivity index (χ0) is 19.6. The molecule has 1 N–H and O–H groups in total. The number of aryl methyl sites for hydroxylation is 1. The normalized spacial score (nSPS) is 11.1. The van der Waals surface area contributed by atoms with Crippen molar-refractivity contribution in [1.29, 1.82) is 5.26 Å². The Morgan fingerprint density at radius 3 is 1.82 bits per heavy atom. The van der Waals surface area contributed by atoms with Gasteiger partial charge in [-0.15, -0.1) is 0 Å². The highest BCUT2D eigenvalue weighted by atomic mass is 14.8. The van der Waals surface area contributed by atoms with Gasteiger partial charge >= 0.3 is 0 Å². The summed E-state index contributed by atoms with van der Waals surface area (Å²) in [5, 5.41) is 18.0. The van der Waals surface area contributed by atoms with E-state index in [1.165, 1.54) is 61.3 Å². The standard InChI is InChI=1S/C26H32N2/c1-2-3-11-18-28-19-12-5-4-6-13-21-22-14-7-9-16-24(22)26(20-27)25-17-10-8-15-23(21)25/h7-10,14-17,28H,2-6,11-13,18-19H2,1H3. The Morgan fingerprint density at radius 2 is 1.25 bits per heavy atom. The van der Waals surface area contributed by atoms with Crippen molar-refractivity contribution in [2.45, 2.75) is 58.3 Å². The topological polar surface area (TPSA) is 35.8 Å². The van der Waals surface area contributed by atoms with E-state index in [4.69, 9.17) is 0 Å². The predicted molar refractivity (Wildman–Crippen MR) is 121 cm³/mol. The van der Waals surface area contributed by atoms with Crippen LogP contribution in [0, 0.1) is 11.3 Å². The van der Waals surface area contributed by atoms with Crippen molar-refractivity contribution in [1.82, 2.24) is 5.32 Å². The Bertz CT molecular complexity index is 879. The molecule has 0 aliphatic heterocycles. The molecule has 28 heavy (non-hydrogen) atoms. The summed E-state index contributed by atoms with van der Waals surface area (Å²) < 4.78 is 0. The van der Waals surface area contributed by atoms with Crippen LogP contribution in [-0.2, 0) is 6.42 Å². The van der Waals surface area contributed by atoms with Crippen LogP contribution in [0.1, 0.15) is 63.0 Å². The average molecular weight is 373 g/mol. The molecule has 0 aromatic heterocycles. The maximum absolute atomic E-state index is 9.73. The molecule has 0 unspecified atom stereocenters. The zero-order valence-corrected chi connectivity index (χ0v) is 17.1. The highest BCUT2D eigenvalue weighted by Crippen LogP contribution is 2.33. The fourth-order valence-corrected chi connectivity index (χ4v) is 4.14. The Balaban J connectivity index is 1.63. The van der Waals surface area contributed by atoms with Gasteiger partial charge in [0.05, 0.1) is 5.56 Å². The molecule has 0 spiro atoms. The summed E-state index contributed by atoms with van der Waals surface area (Å²) in [6.45, 7) is 4.56. The number of unbranched alkanes of at least 4 members (excludes halogenated alkanes) is 5. The molecule has 2 heteroatoms. The zero-order valence-electron chi connectivity index (χ0n) is 17.1. The summed E-state index contributed by atoms with van der Waals surface area (Å²) in [6, 6.07) is 19.2. The van der Waals surface area contributed by atoms with Gasteiger partial charge in [-0.2, -0.15) is 5.26 Å². The molecule has 0 saturated heterocycles. The number of nitrogens with zero attached hydrogens (tertiary/aromatic N) is 1. The molecule has 0 fully saturated rings. The van der Waals surface area contributed by atoms with Crippen LogP contribution in [-0.4, -0.2) is 13.1 Å². The Kier molecular flexibility index (Phi) is 7.88. The number of hydrogen-bond donors (Lipinski definition) is 1. The molecule has 2 nitrogen and oxygen atoms in total. The van der Waals surface area contributed by atoms with E-state index >= 15 is 0 Å². The predicted octanol–water partition coefficient (Wildman–Crippen LogP) is 6.75. The van der Waals surface area contributed by atoms with E-state index in [2.05, 4.69) is 54.7 Å². The lowest BCUT2D eigenvalue weighted by atomic mass is 9.90. The third-order valence-corrected chi connectivity index (χ3v) is 5.64. The van der Waals surface area contributed by atoms with E-state index in [0.29, 0.717) is 0 Å². The first-order valence-electron chi connectivity index (χ1n) is 10.9. The van der Waals surface area contributed by atoms with Crippen LogP contribution < -0.4 is 5.32 Å². The molecular weight excluding hydrogens is 340 g/mol. The minimum absolute atomic E-state index is 0.809. The van der Waals surface area contributed by atoms with Crippen molar-refractivity contribution in [2.75, 3.05) is 13.1 Å². The molecule has 146 valence electrons. The first kappa shape index (κ1) is 20.4. The highest BCUT2D eigenvalue weighted by molar-refractivity contribution is 6.07. The SMILES string of the molecule is CCCCCNCCCCCCc1c2ccccc2c(C#N)c2ccccc12. The van der Waals surface area contributed by atoms with Gasteiger partial charge in [0.2, 0.25) is 0 Å². The van der Waals surface area contributed by atoms with Crippen LogP contribution in [0.2, 0.25) is 0 Å². The number of fused-ring (bicyclic) bond motifs is 2. The molecule has 3 aromatic rings. The summed E-state index contributed by atoms with van der Waals surface area (Å²) in [6.07, 6.45) is 10.0. The molecule has 3 aromatic carbocycles. The highest BCUT2D eigenvalue weighted by Gasteiger charge is 2.12. The largest absolute Gasteiger partial charge is 0.317 e. The number of benzene rings is 3. The van der Waals surface area contributed by atoms with Gasteiger partial charge in [-0.05, 0) is 55.1 Å². The van der Waals surface area contributed by atoms with Crippen LogP contribution in [0.25, 0.3) is 21.5 Å². The number of hydrogen-bond acceptors (Lipinski definition) is 2. The minimum Gasteiger partial charge on any atom is -0.317 e. The lowest BCUT2D eigenvalue weighted by Crippen LogP contribution is -2.16. The van der Waals surface area contributed by atoms with Crippen molar-refractivity contribution in [3.63, 3.8) is 0 Å². The summed E-state index contributed by atoms with van der Waals surface area (Å²) in [4.78, 5) is 0. The van der Waals surface area contributed by atoms with Crippen molar-refractivity contribution >= 4 is 21.5 Å². The number of nitriles is 1. The number of rotatable bonds is 11. The molecule has 0 atom stereocenters. The third kappa shape index (κ3) is 4.91. The second-order valence-electron chi connectivity index (χ2n) is 7.68. The van der Waals surface area contributed by atoms with Crippen molar-refractivity contribution in [3.8, 4) is 6.07 Å². The van der Waals surface area contributed by atoms with Crippen molar-refractivity contribution in [3.05, 3.63) is 59.7 Å². The van der Waals surface area contributed by atoms with E-state index in [-0.39, 0.29) is 0 Å². The van der Waals surface area contributed by atoms with E-state index in [1.807, 2.05) is 12.1 Å². The summed E-state index contributed by atoms with van der Waals surface area (Å²) >= 11 is 0. The fourth-order valence-electron chi connectivity index (χ4n) is 4.14. The van der Waals surface area contributed by atoms with Gasteiger partial charge in [-0.1, -0.05) is 81.1 Å². The molecule has 0 aliphatic carbocycles. The Morgan fingerprint density at radius 1 is 0.714 bits per heavy atom. The van der Waals surface area contributed by atoms with E-state index < -0.39 is 0 Å². The lowest BCUT2D eigenvalue weighted by molar-refractivity contribution is 0.567. The number of nitrogens with one attached hydrogen (secondary N) is 1. The minimum atomic E-state index is 0.809. The summed E-state index contributed by atoms with van der Waals surface area (Å²) in [7, 11) is 0. The second-order valence-corrected chi connectivity index (χ2v) is 7.68. The van der Waals surface area contributed by atoms with Gasteiger partial charge in [-0.3, -0.25) is 0 Å². The molecular formula is C26H32N2. The first-order chi connectivity index (χ1) is 13.9. The van der Waals surface area contributed by atoms with Crippen molar-refractivity contribution < 1.29 is 0 Å². The van der Waals surface area contributed by atoms with Gasteiger partial charge in [0.25, 0.3) is 0 Å². The van der Waals surface area contributed by atoms with Gasteiger partial charge in [-0.25, -0.2) is 0 Å². The molecule has 0 radical (unpaired) electrons. The van der Waals surface area contributed by atoms with E-state index in [9.17, 15) is 5.26 Å². The molecule has 0 bridgehead atoms. The maximum Gasteiger partial charge on any atom is 0.100 e. The van der Waals surface area contributed by atoms with Crippen molar-refractivity contribution in [2.24, 2.45) is 0 Å². The average Bonchev–Trinajstić information content (AvgIpc) is 2.74.